The van der Waals surface area contributed by atoms with Gasteiger partial charge in [-0.3, -0.25) is 10.1 Å². The summed E-state index contributed by atoms with van der Waals surface area (Å²) in [6.45, 7) is 0.477. The van der Waals surface area contributed by atoms with Crippen LogP contribution < -0.4 is 10.6 Å². The summed E-state index contributed by atoms with van der Waals surface area (Å²) in [5.74, 6) is -1.54. The molecule has 1 aliphatic carbocycles. The van der Waals surface area contributed by atoms with E-state index < -0.39 is 41.9 Å². The van der Waals surface area contributed by atoms with Gasteiger partial charge in [0.25, 0.3) is 5.91 Å². The lowest BCUT2D eigenvalue weighted by Crippen LogP contribution is -2.46. The summed E-state index contributed by atoms with van der Waals surface area (Å²) in [6, 6.07) is 10.9. The lowest BCUT2D eigenvalue weighted by molar-refractivity contribution is -0.130. The van der Waals surface area contributed by atoms with Crippen molar-refractivity contribution in [1.82, 2.24) is 10.6 Å². The molecule has 2 aliphatic rings. The van der Waals surface area contributed by atoms with Crippen LogP contribution in [0.2, 0.25) is 0 Å². The molecule has 2 N–H and O–H groups in total. The lowest BCUT2D eigenvalue weighted by Gasteiger charge is -2.32. The molecule has 3 rings (SSSR count). The number of rotatable bonds is 5. The first kappa shape index (κ1) is 19.7. The molecule has 0 aromatic heterocycles. The van der Waals surface area contributed by atoms with Gasteiger partial charge in [0.1, 0.15) is 29.6 Å². The average Bonchev–Trinajstić information content (AvgIpc) is 3.25. The molecule has 0 spiro atoms. The molecule has 0 saturated carbocycles. The number of benzene rings is 1. The van der Waals surface area contributed by atoms with E-state index in [9.17, 15) is 24.1 Å². The highest BCUT2D eigenvalue weighted by molar-refractivity contribution is 5.82. The fraction of sp³-hybridized carbons (Fsp3) is 0.350. The van der Waals surface area contributed by atoms with Crippen LogP contribution in [-0.2, 0) is 9.53 Å². The van der Waals surface area contributed by atoms with E-state index in [1.807, 2.05) is 0 Å². The fourth-order valence-electron chi connectivity index (χ4n) is 3.22. The Bertz CT molecular complexity index is 882. The molecule has 8 heteroatoms. The summed E-state index contributed by atoms with van der Waals surface area (Å²) in [7, 11) is 0. The minimum atomic E-state index is -2.18. The summed E-state index contributed by atoms with van der Waals surface area (Å²) >= 11 is 0. The molecule has 1 aromatic carbocycles. The number of hydrogen-bond donors (Lipinski definition) is 2. The predicted molar refractivity (Wildman–Crippen MR) is 96.5 cm³/mol. The van der Waals surface area contributed by atoms with Gasteiger partial charge >= 0.3 is 0 Å². The summed E-state index contributed by atoms with van der Waals surface area (Å²) in [5, 5.41) is 24.1. The van der Waals surface area contributed by atoms with Gasteiger partial charge in [-0.25, -0.2) is 8.78 Å². The second kappa shape index (κ2) is 8.30. The molecule has 1 aromatic rings. The van der Waals surface area contributed by atoms with E-state index in [0.29, 0.717) is 11.1 Å². The Balaban J connectivity index is 1.80. The van der Waals surface area contributed by atoms with Crippen LogP contribution in [0.1, 0.15) is 12.0 Å². The Morgan fingerprint density at radius 3 is 2.71 bits per heavy atom. The second-order valence-electron chi connectivity index (χ2n) is 6.61. The van der Waals surface area contributed by atoms with Gasteiger partial charge in [-0.1, -0.05) is 30.3 Å². The molecule has 1 saturated heterocycles. The van der Waals surface area contributed by atoms with Gasteiger partial charge in [-0.2, -0.15) is 10.5 Å². The largest absolute Gasteiger partial charge is 0.352 e. The normalized spacial score (nSPS) is 27.7. The van der Waals surface area contributed by atoms with Crippen molar-refractivity contribution in [3.8, 4) is 12.1 Å². The smallest absolute Gasteiger partial charge is 0.251 e. The molecular formula is C20H18F2N4O2. The van der Waals surface area contributed by atoms with Crippen molar-refractivity contribution in [3.63, 3.8) is 0 Å². The highest BCUT2D eigenvalue weighted by atomic mass is 19.1. The standard InChI is InChI=1S/C20H18F2N4O2/c21-17-6-14(13-4-2-1-3-5-13)7-18(22)20(17,11-24)8-15(9-23)26-19(27)16-10-25-12-28-16/h1-7,15-17,25H,8,10,12H2,(H,26,27)/t15?,16-,17?,20?/m0/s1. The summed E-state index contributed by atoms with van der Waals surface area (Å²) in [4.78, 5) is 12.1. The highest BCUT2D eigenvalue weighted by Crippen LogP contribution is 2.44. The SMILES string of the molecule is N#CC(CC1(C#N)C(F)=CC(c2ccccc2)=CC1F)NC(=O)[C@@H]1CNCO1. The third-order valence-electron chi connectivity index (χ3n) is 4.82. The average molecular weight is 384 g/mol. The first-order valence-corrected chi connectivity index (χ1v) is 8.72. The number of carbonyl (C=O) groups is 1. The summed E-state index contributed by atoms with van der Waals surface area (Å²) in [6.07, 6.45) is -1.01. The van der Waals surface area contributed by atoms with Crippen molar-refractivity contribution < 1.29 is 18.3 Å². The number of nitrogens with zero attached hydrogens (tertiary/aromatic N) is 2. The third kappa shape index (κ3) is 3.79. The zero-order valence-electron chi connectivity index (χ0n) is 14.9. The van der Waals surface area contributed by atoms with E-state index >= 15 is 0 Å². The zero-order chi connectivity index (χ0) is 20.1. The predicted octanol–water partition coefficient (Wildman–Crippen LogP) is 2.13. The van der Waals surface area contributed by atoms with Crippen molar-refractivity contribution in [1.29, 1.82) is 10.5 Å². The van der Waals surface area contributed by atoms with Gasteiger partial charge in [0.05, 0.1) is 18.9 Å². The third-order valence-corrected chi connectivity index (χ3v) is 4.82. The van der Waals surface area contributed by atoms with Crippen LogP contribution in [-0.4, -0.2) is 37.5 Å². The zero-order valence-corrected chi connectivity index (χ0v) is 14.9. The first-order valence-electron chi connectivity index (χ1n) is 8.72. The van der Waals surface area contributed by atoms with Gasteiger partial charge in [0.2, 0.25) is 0 Å². The van der Waals surface area contributed by atoms with E-state index in [4.69, 9.17) is 4.74 Å². The molecule has 144 valence electrons. The monoisotopic (exact) mass is 384 g/mol. The number of halogens is 2. The number of alkyl halides is 1. The topological polar surface area (TPSA) is 97.9 Å². The van der Waals surface area contributed by atoms with Crippen LogP contribution in [0.5, 0.6) is 0 Å². The van der Waals surface area contributed by atoms with Crippen LogP contribution in [0.25, 0.3) is 5.57 Å². The minimum Gasteiger partial charge on any atom is -0.352 e. The molecule has 3 unspecified atom stereocenters. The van der Waals surface area contributed by atoms with Crippen LogP contribution >= 0.6 is 0 Å². The van der Waals surface area contributed by atoms with E-state index in [0.717, 1.165) is 6.08 Å². The van der Waals surface area contributed by atoms with Gasteiger partial charge in [-0.15, -0.1) is 0 Å². The number of nitriles is 2. The lowest BCUT2D eigenvalue weighted by atomic mass is 9.73. The van der Waals surface area contributed by atoms with E-state index in [2.05, 4.69) is 10.6 Å². The fourth-order valence-corrected chi connectivity index (χ4v) is 3.22. The van der Waals surface area contributed by atoms with Crippen LogP contribution in [0.3, 0.4) is 0 Å². The number of nitrogens with one attached hydrogen (secondary N) is 2. The number of amides is 1. The van der Waals surface area contributed by atoms with Crippen LogP contribution in [0.4, 0.5) is 8.78 Å². The van der Waals surface area contributed by atoms with Gasteiger partial charge in [0, 0.05) is 13.0 Å². The molecule has 1 heterocycles. The molecule has 0 bridgehead atoms. The van der Waals surface area contributed by atoms with Gasteiger partial charge in [0.15, 0.2) is 0 Å². The number of hydrogen-bond acceptors (Lipinski definition) is 5. The molecular weight excluding hydrogens is 366 g/mol. The van der Waals surface area contributed by atoms with Crippen LogP contribution in [0, 0.1) is 28.1 Å². The van der Waals surface area contributed by atoms with Gasteiger partial charge in [-0.05, 0) is 23.3 Å². The maximum atomic E-state index is 15.0. The summed E-state index contributed by atoms with van der Waals surface area (Å²) in [5.41, 5.74) is -1.25. The van der Waals surface area contributed by atoms with Crippen molar-refractivity contribution in [2.45, 2.75) is 24.7 Å². The molecule has 1 fully saturated rings. The molecule has 6 nitrogen and oxygen atoms in total. The number of allylic oxidation sites excluding steroid dienone is 4. The van der Waals surface area contributed by atoms with Crippen molar-refractivity contribution in [3.05, 3.63) is 53.9 Å². The first-order chi connectivity index (χ1) is 13.5. The van der Waals surface area contributed by atoms with Gasteiger partial charge < -0.3 is 10.1 Å². The Hall–Kier alpha value is -3.07. The maximum absolute atomic E-state index is 15.0. The minimum absolute atomic E-state index is 0.203. The van der Waals surface area contributed by atoms with Crippen LogP contribution in [0.15, 0.2) is 48.3 Å². The molecule has 1 amide bonds. The van der Waals surface area contributed by atoms with Crippen molar-refractivity contribution >= 4 is 11.5 Å². The molecule has 0 radical (unpaired) electrons. The Morgan fingerprint density at radius 2 is 2.14 bits per heavy atom. The molecule has 4 atom stereocenters. The number of carbonyl (C=O) groups excluding carboxylic acids is 1. The summed E-state index contributed by atoms with van der Waals surface area (Å²) < 4.78 is 35.1. The Morgan fingerprint density at radius 1 is 1.39 bits per heavy atom. The Kier molecular flexibility index (Phi) is 5.84. The van der Waals surface area contributed by atoms with E-state index in [-0.39, 0.29) is 13.3 Å². The second-order valence-corrected chi connectivity index (χ2v) is 6.61. The molecule has 1 aliphatic heterocycles. The maximum Gasteiger partial charge on any atom is 0.251 e. The quantitative estimate of drug-likeness (QED) is 0.811. The van der Waals surface area contributed by atoms with Crippen molar-refractivity contribution in [2.75, 3.05) is 13.3 Å². The number of ether oxygens (including phenoxy) is 1. The van der Waals surface area contributed by atoms with Crippen molar-refractivity contribution in [2.24, 2.45) is 5.41 Å². The molecule has 28 heavy (non-hydrogen) atoms. The Labute approximate surface area is 161 Å². The highest BCUT2D eigenvalue weighted by Gasteiger charge is 2.48. The van der Waals surface area contributed by atoms with E-state index in [1.165, 1.54) is 6.08 Å². The van der Waals surface area contributed by atoms with E-state index in [1.54, 1.807) is 42.5 Å².